The van der Waals surface area contributed by atoms with E-state index in [1.165, 1.54) is 4.90 Å². The van der Waals surface area contributed by atoms with Gasteiger partial charge in [0.15, 0.2) is 11.5 Å². The summed E-state index contributed by atoms with van der Waals surface area (Å²) in [5.41, 5.74) is 0.709. The quantitative estimate of drug-likeness (QED) is 0.451. The van der Waals surface area contributed by atoms with E-state index in [2.05, 4.69) is 6.58 Å². The van der Waals surface area contributed by atoms with E-state index < -0.39 is 23.5 Å². The second-order valence-electron chi connectivity index (χ2n) is 7.89. The van der Waals surface area contributed by atoms with Gasteiger partial charge < -0.3 is 24.1 Å². The Morgan fingerprint density at radius 1 is 1.32 bits per heavy atom. The fraction of sp³-hybridized carbons (Fsp3) is 0.333. The Balaban J connectivity index is 2.01. The SMILES string of the molecule is C=CCOc1cccc([C@@H]2C(C(=O)c3ccc(C)o3)=C(O)C(=O)N2CCC[NH+](C)C)c1. The van der Waals surface area contributed by atoms with Gasteiger partial charge in [0.25, 0.3) is 5.91 Å². The van der Waals surface area contributed by atoms with Gasteiger partial charge in [-0.05, 0) is 36.8 Å². The van der Waals surface area contributed by atoms with Crippen molar-refractivity contribution in [2.45, 2.75) is 19.4 Å². The van der Waals surface area contributed by atoms with Crippen LogP contribution in [0, 0.1) is 6.92 Å². The highest BCUT2D eigenvalue weighted by Crippen LogP contribution is 2.40. The molecule has 1 aliphatic heterocycles. The number of nitrogens with one attached hydrogen (secondary N) is 1. The number of nitrogens with zero attached hydrogens (tertiary/aromatic N) is 1. The van der Waals surface area contributed by atoms with Crippen molar-refractivity contribution in [1.82, 2.24) is 4.90 Å². The number of Topliss-reactive ketones (excluding diaryl/α,β-unsaturated/α-hetero) is 1. The van der Waals surface area contributed by atoms with Crippen LogP contribution in [-0.2, 0) is 4.79 Å². The molecule has 0 spiro atoms. The molecule has 0 fully saturated rings. The molecule has 0 bridgehead atoms. The molecule has 7 heteroatoms. The third-order valence-corrected chi connectivity index (χ3v) is 5.13. The van der Waals surface area contributed by atoms with E-state index >= 15 is 0 Å². The minimum atomic E-state index is -0.727. The third kappa shape index (κ3) is 4.88. The van der Waals surface area contributed by atoms with E-state index in [4.69, 9.17) is 9.15 Å². The number of quaternary nitrogens is 1. The summed E-state index contributed by atoms with van der Waals surface area (Å²) in [6, 6.07) is 9.71. The molecule has 0 saturated carbocycles. The average Bonchev–Trinajstić information content (AvgIpc) is 3.28. The zero-order chi connectivity index (χ0) is 22.5. The highest BCUT2D eigenvalue weighted by molar-refractivity contribution is 6.15. The summed E-state index contributed by atoms with van der Waals surface area (Å²) in [5.74, 6) is -0.316. The van der Waals surface area contributed by atoms with Crippen molar-refractivity contribution >= 4 is 11.7 Å². The lowest BCUT2D eigenvalue weighted by Crippen LogP contribution is -3.05. The van der Waals surface area contributed by atoms with Crippen molar-refractivity contribution in [3.05, 3.63) is 77.5 Å². The molecule has 1 aromatic heterocycles. The van der Waals surface area contributed by atoms with Gasteiger partial charge in [0.1, 0.15) is 18.1 Å². The summed E-state index contributed by atoms with van der Waals surface area (Å²) in [6.07, 6.45) is 2.37. The Labute approximate surface area is 182 Å². The van der Waals surface area contributed by atoms with E-state index in [1.807, 2.05) is 20.2 Å². The molecular weight excluding hydrogens is 396 g/mol. The lowest BCUT2D eigenvalue weighted by molar-refractivity contribution is -0.858. The van der Waals surface area contributed by atoms with Crippen LogP contribution in [0.15, 0.2) is 64.8 Å². The summed E-state index contributed by atoms with van der Waals surface area (Å²) in [5, 5.41) is 10.7. The first-order valence-electron chi connectivity index (χ1n) is 10.3. The summed E-state index contributed by atoms with van der Waals surface area (Å²) in [7, 11) is 4.07. The average molecular weight is 426 g/mol. The number of furan rings is 1. The van der Waals surface area contributed by atoms with Crippen LogP contribution >= 0.6 is 0 Å². The second-order valence-corrected chi connectivity index (χ2v) is 7.89. The second kappa shape index (κ2) is 9.66. The lowest BCUT2D eigenvalue weighted by atomic mass is 9.95. The lowest BCUT2D eigenvalue weighted by Gasteiger charge is -2.27. The van der Waals surface area contributed by atoms with E-state index in [0.717, 1.165) is 13.0 Å². The molecule has 1 aromatic carbocycles. The molecule has 0 unspecified atom stereocenters. The molecule has 1 atom stereocenters. The molecule has 0 aliphatic carbocycles. The first kappa shape index (κ1) is 22.4. The number of aryl methyl sites for hydroxylation is 1. The van der Waals surface area contributed by atoms with Crippen molar-refractivity contribution in [2.24, 2.45) is 0 Å². The van der Waals surface area contributed by atoms with E-state index in [0.29, 0.717) is 30.2 Å². The summed E-state index contributed by atoms with van der Waals surface area (Å²) >= 11 is 0. The van der Waals surface area contributed by atoms with Crippen LogP contribution in [0.5, 0.6) is 5.75 Å². The highest BCUT2D eigenvalue weighted by atomic mass is 16.5. The Kier molecular flexibility index (Phi) is 6.97. The van der Waals surface area contributed by atoms with Crippen LogP contribution in [0.25, 0.3) is 0 Å². The molecule has 31 heavy (non-hydrogen) atoms. The molecule has 2 heterocycles. The van der Waals surface area contributed by atoms with Crippen LogP contribution in [-0.4, -0.2) is 55.5 Å². The fourth-order valence-corrected chi connectivity index (χ4v) is 3.68. The Morgan fingerprint density at radius 2 is 2.10 bits per heavy atom. The predicted molar refractivity (Wildman–Crippen MR) is 116 cm³/mol. The zero-order valence-electron chi connectivity index (χ0n) is 18.2. The highest BCUT2D eigenvalue weighted by Gasteiger charge is 2.44. The fourth-order valence-electron chi connectivity index (χ4n) is 3.68. The number of rotatable bonds is 10. The van der Waals surface area contributed by atoms with E-state index in [1.54, 1.807) is 48.2 Å². The topological polar surface area (TPSA) is 84.4 Å². The predicted octanol–water partition coefficient (Wildman–Crippen LogP) is 2.27. The van der Waals surface area contributed by atoms with Crippen LogP contribution < -0.4 is 9.64 Å². The zero-order valence-corrected chi connectivity index (χ0v) is 18.2. The molecular formula is C24H29N2O5+. The van der Waals surface area contributed by atoms with Gasteiger partial charge in [-0.1, -0.05) is 24.8 Å². The maximum absolute atomic E-state index is 13.2. The van der Waals surface area contributed by atoms with Crippen molar-refractivity contribution in [3.8, 4) is 5.75 Å². The maximum Gasteiger partial charge on any atom is 0.290 e. The molecule has 0 saturated heterocycles. The number of ketones is 1. The summed E-state index contributed by atoms with van der Waals surface area (Å²) in [4.78, 5) is 29.0. The van der Waals surface area contributed by atoms with Gasteiger partial charge in [0.05, 0.1) is 32.3 Å². The number of carbonyl (C=O) groups is 2. The number of ether oxygens (including phenoxy) is 1. The van der Waals surface area contributed by atoms with Crippen LogP contribution in [0.1, 0.15) is 34.3 Å². The molecule has 3 rings (SSSR count). The molecule has 164 valence electrons. The number of amides is 1. The smallest absolute Gasteiger partial charge is 0.290 e. The van der Waals surface area contributed by atoms with Crippen LogP contribution in [0.4, 0.5) is 0 Å². The number of aliphatic hydroxyl groups excluding tert-OH is 1. The normalized spacial score (nSPS) is 16.3. The number of aliphatic hydroxyl groups is 1. The van der Waals surface area contributed by atoms with Crippen molar-refractivity contribution < 1.29 is 28.7 Å². The minimum absolute atomic E-state index is 0.0254. The first-order valence-corrected chi connectivity index (χ1v) is 10.3. The largest absolute Gasteiger partial charge is 0.503 e. The van der Waals surface area contributed by atoms with Gasteiger partial charge >= 0.3 is 0 Å². The van der Waals surface area contributed by atoms with Gasteiger partial charge in [-0.15, -0.1) is 0 Å². The number of hydrogen-bond acceptors (Lipinski definition) is 5. The van der Waals surface area contributed by atoms with Gasteiger partial charge in [0, 0.05) is 13.0 Å². The third-order valence-electron chi connectivity index (χ3n) is 5.13. The van der Waals surface area contributed by atoms with Gasteiger partial charge in [0.2, 0.25) is 5.78 Å². The molecule has 1 aliphatic rings. The van der Waals surface area contributed by atoms with Crippen LogP contribution in [0.3, 0.4) is 0 Å². The number of carbonyl (C=O) groups excluding carboxylic acids is 2. The van der Waals surface area contributed by atoms with E-state index in [9.17, 15) is 14.7 Å². The Morgan fingerprint density at radius 3 is 2.74 bits per heavy atom. The van der Waals surface area contributed by atoms with Gasteiger partial charge in [-0.3, -0.25) is 9.59 Å². The number of benzene rings is 1. The minimum Gasteiger partial charge on any atom is -0.503 e. The number of hydrogen-bond donors (Lipinski definition) is 2. The molecule has 2 N–H and O–H groups in total. The first-order chi connectivity index (χ1) is 14.8. The molecule has 0 radical (unpaired) electrons. The van der Waals surface area contributed by atoms with Crippen molar-refractivity contribution in [2.75, 3.05) is 33.8 Å². The summed E-state index contributed by atoms with van der Waals surface area (Å²) < 4.78 is 11.1. The molecule has 1 amide bonds. The van der Waals surface area contributed by atoms with Gasteiger partial charge in [-0.2, -0.15) is 0 Å². The summed E-state index contributed by atoms with van der Waals surface area (Å²) in [6.45, 7) is 6.97. The standard InChI is InChI=1S/C24H28N2O5/c1-5-14-30-18-9-6-8-17(15-18)21-20(22(27)19-11-10-16(2)31-19)23(28)24(29)26(21)13-7-12-25(3)4/h5-6,8-11,15,21,28H,1,7,12-14H2,2-4H3/p+1/t21-/m1/s1. The van der Waals surface area contributed by atoms with Crippen LogP contribution in [0.2, 0.25) is 0 Å². The molecule has 2 aromatic rings. The van der Waals surface area contributed by atoms with Crippen molar-refractivity contribution in [3.63, 3.8) is 0 Å². The van der Waals surface area contributed by atoms with Gasteiger partial charge in [-0.25, -0.2) is 0 Å². The molecule has 7 nitrogen and oxygen atoms in total. The van der Waals surface area contributed by atoms with Crippen molar-refractivity contribution in [1.29, 1.82) is 0 Å². The van der Waals surface area contributed by atoms with E-state index in [-0.39, 0.29) is 11.3 Å². The monoisotopic (exact) mass is 425 g/mol. The maximum atomic E-state index is 13.2. The Hall–Kier alpha value is -3.32. The Bertz CT molecular complexity index is 1000.